The van der Waals surface area contributed by atoms with Gasteiger partial charge in [0.1, 0.15) is 0 Å². The van der Waals surface area contributed by atoms with Crippen LogP contribution in [-0.2, 0) is 6.18 Å². The van der Waals surface area contributed by atoms with Gasteiger partial charge in [0.15, 0.2) is 0 Å². The van der Waals surface area contributed by atoms with Gasteiger partial charge in [0, 0.05) is 11.8 Å². The molecule has 1 atom stereocenters. The first kappa shape index (κ1) is 15.4. The molecule has 1 aromatic carbocycles. The summed E-state index contributed by atoms with van der Waals surface area (Å²) >= 11 is 1.61. The summed E-state index contributed by atoms with van der Waals surface area (Å²) in [7, 11) is 0. The van der Waals surface area contributed by atoms with E-state index >= 15 is 0 Å². The molecule has 0 fully saturated rings. The van der Waals surface area contributed by atoms with Crippen LogP contribution < -0.4 is 5.73 Å². The number of hydrogen-bond donors (Lipinski definition) is 1. The molecule has 1 aromatic rings. The van der Waals surface area contributed by atoms with Gasteiger partial charge in [0.2, 0.25) is 0 Å². The molecule has 2 N–H and O–H groups in total. The number of rotatable bonds is 6. The lowest BCUT2D eigenvalue weighted by Crippen LogP contribution is -2.19. The van der Waals surface area contributed by atoms with Crippen molar-refractivity contribution in [3.63, 3.8) is 0 Å². The number of thioether (sulfide) groups is 1. The minimum absolute atomic E-state index is 0.189. The second-order valence-electron chi connectivity index (χ2n) is 4.12. The third-order valence-electron chi connectivity index (χ3n) is 2.61. The van der Waals surface area contributed by atoms with Crippen molar-refractivity contribution >= 4 is 11.8 Å². The number of benzene rings is 1. The molecule has 0 heterocycles. The Labute approximate surface area is 110 Å². The van der Waals surface area contributed by atoms with E-state index in [2.05, 4.69) is 6.92 Å². The molecule has 0 aliphatic rings. The summed E-state index contributed by atoms with van der Waals surface area (Å²) in [5.74, 6) is 1.46. The Morgan fingerprint density at radius 2 is 1.94 bits per heavy atom. The van der Waals surface area contributed by atoms with Crippen LogP contribution in [0.2, 0.25) is 0 Å². The predicted molar refractivity (Wildman–Crippen MR) is 70.6 cm³/mol. The Hall–Kier alpha value is -0.680. The van der Waals surface area contributed by atoms with Crippen LogP contribution in [0.5, 0.6) is 0 Å². The summed E-state index contributed by atoms with van der Waals surface area (Å²) < 4.78 is 38.4. The number of alkyl halides is 3. The van der Waals surface area contributed by atoms with E-state index in [-0.39, 0.29) is 5.56 Å². The molecule has 0 saturated carbocycles. The van der Waals surface area contributed by atoms with Crippen molar-refractivity contribution in [1.82, 2.24) is 0 Å². The maximum Gasteiger partial charge on any atom is 0.416 e. The lowest BCUT2D eigenvalue weighted by Gasteiger charge is -2.17. The average Bonchev–Trinajstić information content (AvgIpc) is 2.33. The quantitative estimate of drug-likeness (QED) is 0.787. The van der Waals surface area contributed by atoms with Crippen molar-refractivity contribution in [2.24, 2.45) is 5.73 Å². The molecule has 1 unspecified atom stereocenters. The normalized spacial score (nSPS) is 13.6. The summed E-state index contributed by atoms with van der Waals surface area (Å²) in [5.41, 5.74) is 5.43. The summed E-state index contributed by atoms with van der Waals surface area (Å²) in [4.78, 5) is 0. The fraction of sp³-hybridized carbons (Fsp3) is 0.538. The standard InChI is InChI=1S/C13H18F3NS/c1-2-3-8-18-9-12(17)10-6-4-5-7-11(10)13(14,15)16/h4-7,12H,2-3,8-9,17H2,1H3. The highest BCUT2D eigenvalue weighted by atomic mass is 32.2. The number of halogens is 3. The summed E-state index contributed by atoms with van der Waals surface area (Å²) in [6.07, 6.45) is -2.18. The number of hydrogen-bond acceptors (Lipinski definition) is 2. The molecular formula is C13H18F3NS. The average molecular weight is 277 g/mol. The Balaban J connectivity index is 2.70. The smallest absolute Gasteiger partial charge is 0.323 e. The second kappa shape index (κ2) is 7.04. The van der Waals surface area contributed by atoms with E-state index in [0.29, 0.717) is 5.75 Å². The Bertz CT molecular complexity index is 365. The van der Waals surface area contributed by atoms with Gasteiger partial charge in [-0.25, -0.2) is 0 Å². The Morgan fingerprint density at radius 1 is 1.28 bits per heavy atom. The van der Waals surface area contributed by atoms with Gasteiger partial charge < -0.3 is 5.73 Å². The molecule has 5 heteroatoms. The molecule has 1 nitrogen and oxygen atoms in total. The zero-order valence-electron chi connectivity index (χ0n) is 10.3. The fourth-order valence-corrected chi connectivity index (χ4v) is 2.72. The molecular weight excluding hydrogens is 259 g/mol. The van der Waals surface area contributed by atoms with E-state index in [1.54, 1.807) is 17.8 Å². The highest BCUT2D eigenvalue weighted by molar-refractivity contribution is 7.99. The first-order valence-corrected chi connectivity index (χ1v) is 7.11. The van der Waals surface area contributed by atoms with Gasteiger partial charge in [-0.3, -0.25) is 0 Å². The van der Waals surface area contributed by atoms with Crippen LogP contribution >= 0.6 is 11.8 Å². The lowest BCUT2D eigenvalue weighted by molar-refractivity contribution is -0.138. The van der Waals surface area contributed by atoms with Crippen LogP contribution in [0.15, 0.2) is 24.3 Å². The molecule has 0 aromatic heterocycles. The summed E-state index contributed by atoms with van der Waals surface area (Å²) in [5, 5.41) is 0. The van der Waals surface area contributed by atoms with Crippen molar-refractivity contribution in [1.29, 1.82) is 0 Å². The topological polar surface area (TPSA) is 26.0 Å². The third kappa shape index (κ3) is 4.53. The molecule has 0 saturated heterocycles. The predicted octanol–water partition coefficient (Wildman–Crippen LogP) is 4.24. The van der Waals surface area contributed by atoms with E-state index in [0.717, 1.165) is 24.7 Å². The van der Waals surface area contributed by atoms with E-state index in [1.165, 1.54) is 12.1 Å². The van der Waals surface area contributed by atoms with Crippen molar-refractivity contribution in [2.45, 2.75) is 32.0 Å². The Morgan fingerprint density at radius 3 is 2.56 bits per heavy atom. The zero-order chi connectivity index (χ0) is 13.6. The van der Waals surface area contributed by atoms with Crippen LogP contribution in [0.3, 0.4) is 0 Å². The largest absolute Gasteiger partial charge is 0.416 e. The van der Waals surface area contributed by atoms with E-state index in [9.17, 15) is 13.2 Å². The van der Waals surface area contributed by atoms with Crippen LogP contribution in [-0.4, -0.2) is 11.5 Å². The van der Waals surface area contributed by atoms with Gasteiger partial charge in [-0.1, -0.05) is 31.5 Å². The van der Waals surface area contributed by atoms with Crippen LogP contribution in [0.25, 0.3) is 0 Å². The highest BCUT2D eigenvalue weighted by Gasteiger charge is 2.34. The second-order valence-corrected chi connectivity index (χ2v) is 5.27. The van der Waals surface area contributed by atoms with E-state index in [1.807, 2.05) is 0 Å². The molecule has 0 aliphatic carbocycles. The van der Waals surface area contributed by atoms with Crippen LogP contribution in [0.1, 0.15) is 36.9 Å². The maximum absolute atomic E-state index is 12.8. The van der Waals surface area contributed by atoms with Crippen molar-refractivity contribution in [2.75, 3.05) is 11.5 Å². The molecule has 0 spiro atoms. The monoisotopic (exact) mass is 277 g/mol. The van der Waals surface area contributed by atoms with Gasteiger partial charge in [-0.2, -0.15) is 24.9 Å². The fourth-order valence-electron chi connectivity index (χ4n) is 1.62. The molecule has 0 amide bonds. The van der Waals surface area contributed by atoms with Crippen molar-refractivity contribution in [3.8, 4) is 0 Å². The summed E-state index contributed by atoms with van der Waals surface area (Å²) in [6, 6.07) is 4.98. The molecule has 18 heavy (non-hydrogen) atoms. The van der Waals surface area contributed by atoms with E-state index < -0.39 is 17.8 Å². The van der Waals surface area contributed by atoms with E-state index in [4.69, 9.17) is 5.73 Å². The SMILES string of the molecule is CCCCSCC(N)c1ccccc1C(F)(F)F. The number of nitrogens with two attached hydrogens (primary N) is 1. The molecule has 0 bridgehead atoms. The molecule has 102 valence electrons. The maximum atomic E-state index is 12.8. The van der Waals surface area contributed by atoms with Gasteiger partial charge >= 0.3 is 6.18 Å². The lowest BCUT2D eigenvalue weighted by atomic mass is 10.0. The van der Waals surface area contributed by atoms with Crippen molar-refractivity contribution in [3.05, 3.63) is 35.4 Å². The summed E-state index contributed by atoms with van der Waals surface area (Å²) in [6.45, 7) is 2.08. The minimum atomic E-state index is -4.33. The highest BCUT2D eigenvalue weighted by Crippen LogP contribution is 2.34. The van der Waals surface area contributed by atoms with Gasteiger partial charge in [-0.05, 0) is 23.8 Å². The third-order valence-corrected chi connectivity index (χ3v) is 3.78. The molecule has 0 radical (unpaired) electrons. The minimum Gasteiger partial charge on any atom is -0.323 e. The van der Waals surface area contributed by atoms with Crippen LogP contribution in [0.4, 0.5) is 13.2 Å². The first-order valence-electron chi connectivity index (χ1n) is 5.96. The van der Waals surface area contributed by atoms with Crippen molar-refractivity contribution < 1.29 is 13.2 Å². The van der Waals surface area contributed by atoms with Crippen LogP contribution in [0, 0.1) is 0 Å². The van der Waals surface area contributed by atoms with Gasteiger partial charge in [0.25, 0.3) is 0 Å². The van der Waals surface area contributed by atoms with Gasteiger partial charge in [0.05, 0.1) is 5.56 Å². The first-order chi connectivity index (χ1) is 8.46. The van der Waals surface area contributed by atoms with Gasteiger partial charge in [-0.15, -0.1) is 0 Å². The number of unbranched alkanes of at least 4 members (excludes halogenated alkanes) is 1. The molecule has 1 rings (SSSR count). The Kier molecular flexibility index (Phi) is 6.02. The molecule has 0 aliphatic heterocycles. The zero-order valence-corrected chi connectivity index (χ0v) is 11.2.